The van der Waals surface area contributed by atoms with E-state index < -0.39 is 6.10 Å². The van der Waals surface area contributed by atoms with Crippen molar-refractivity contribution in [2.45, 2.75) is 45.9 Å². The van der Waals surface area contributed by atoms with E-state index >= 15 is 0 Å². The fourth-order valence-electron chi connectivity index (χ4n) is 4.72. The highest BCUT2D eigenvalue weighted by atomic mass is 16.5. The largest absolute Gasteiger partial charge is 0.389 e. The molecule has 6 heteroatoms. The molecule has 1 aliphatic rings. The maximum Gasteiger partial charge on any atom is 0.232 e. The second-order valence-electron chi connectivity index (χ2n) is 10.0. The van der Waals surface area contributed by atoms with Gasteiger partial charge in [0, 0.05) is 31.7 Å². The summed E-state index contributed by atoms with van der Waals surface area (Å²) in [5, 5.41) is 15.3. The molecule has 192 valence electrons. The first-order valence-electron chi connectivity index (χ1n) is 13.0. The lowest BCUT2D eigenvalue weighted by molar-refractivity contribution is 0.0237. The van der Waals surface area contributed by atoms with Crippen LogP contribution < -0.4 is 4.90 Å². The predicted molar refractivity (Wildman–Crippen MR) is 145 cm³/mol. The smallest absolute Gasteiger partial charge is 0.232 e. The Morgan fingerprint density at radius 1 is 1.14 bits per heavy atom. The van der Waals surface area contributed by atoms with Gasteiger partial charge in [0.15, 0.2) is 0 Å². The van der Waals surface area contributed by atoms with Crippen molar-refractivity contribution in [2.24, 2.45) is 5.92 Å². The van der Waals surface area contributed by atoms with E-state index in [1.807, 2.05) is 18.2 Å². The number of benzene rings is 2. The maximum absolute atomic E-state index is 10.7. The van der Waals surface area contributed by atoms with Crippen LogP contribution in [0.2, 0.25) is 0 Å². The van der Waals surface area contributed by atoms with Crippen LogP contribution in [0.5, 0.6) is 0 Å². The first-order chi connectivity index (χ1) is 17.5. The molecule has 1 atom stereocenters. The van der Waals surface area contributed by atoms with E-state index in [2.05, 4.69) is 71.8 Å². The van der Waals surface area contributed by atoms with Gasteiger partial charge in [-0.1, -0.05) is 79.7 Å². The van der Waals surface area contributed by atoms with Gasteiger partial charge < -0.3 is 19.3 Å². The topological polar surface area (TPSA) is 62.0 Å². The van der Waals surface area contributed by atoms with Crippen molar-refractivity contribution in [1.29, 1.82) is 0 Å². The van der Waals surface area contributed by atoms with E-state index in [-0.39, 0.29) is 6.61 Å². The molecule has 1 aromatic heterocycles. The van der Waals surface area contributed by atoms with Gasteiger partial charge in [0.05, 0.1) is 24.9 Å². The quantitative estimate of drug-likeness (QED) is 0.259. The third-order valence-electron chi connectivity index (χ3n) is 6.65. The summed E-state index contributed by atoms with van der Waals surface area (Å²) in [5.74, 6) is 1.39. The zero-order chi connectivity index (χ0) is 25.3. The van der Waals surface area contributed by atoms with Crippen LogP contribution in [0.1, 0.15) is 37.0 Å². The number of aromatic nitrogens is 1. The van der Waals surface area contributed by atoms with Crippen LogP contribution >= 0.6 is 0 Å². The average Bonchev–Trinajstić information content (AvgIpc) is 3.31. The van der Waals surface area contributed by atoms with E-state index in [0.29, 0.717) is 25.6 Å². The molecule has 36 heavy (non-hydrogen) atoms. The minimum absolute atomic E-state index is 0.287. The summed E-state index contributed by atoms with van der Waals surface area (Å²) in [6.07, 6.45) is 3.14. The molecule has 0 fully saturated rings. The first kappa shape index (κ1) is 26.1. The number of fused-ring (bicyclic) bond motifs is 1. The SMILES string of the molecule is C=CCOC[C@@H](O)CN(CCC(C)C)Cc1c(-c2ccccc2)noc1N1CCc2ccccc2C1. The van der Waals surface area contributed by atoms with Gasteiger partial charge in [0.2, 0.25) is 5.88 Å². The van der Waals surface area contributed by atoms with Crippen LogP contribution in [-0.4, -0.2) is 54.1 Å². The zero-order valence-electron chi connectivity index (χ0n) is 21.6. The molecule has 0 amide bonds. The number of aliphatic hydroxyl groups is 1. The molecule has 2 aromatic carbocycles. The molecule has 0 aliphatic carbocycles. The maximum atomic E-state index is 10.7. The molecular weight excluding hydrogens is 450 g/mol. The summed E-state index contributed by atoms with van der Waals surface area (Å²) in [5.41, 5.74) is 5.72. The Labute approximate surface area is 215 Å². The number of rotatable bonds is 13. The van der Waals surface area contributed by atoms with Gasteiger partial charge in [-0.3, -0.25) is 4.90 Å². The lowest BCUT2D eigenvalue weighted by Crippen LogP contribution is -2.36. The van der Waals surface area contributed by atoms with E-state index in [9.17, 15) is 5.11 Å². The standard InChI is InChI=1S/C30H39N3O3/c1-4-18-35-22-27(34)20-32(16-14-23(2)3)21-28-29(25-11-6-5-7-12-25)31-36-30(28)33-17-15-24-10-8-9-13-26(24)19-33/h4-13,23,27,34H,1,14-22H2,2-3H3/t27-/m0/s1. The predicted octanol–water partition coefficient (Wildman–Crippen LogP) is 5.32. The molecule has 2 heterocycles. The fourth-order valence-corrected chi connectivity index (χ4v) is 4.72. The Bertz CT molecular complexity index is 1100. The fraction of sp³-hybridized carbons (Fsp3) is 0.433. The van der Waals surface area contributed by atoms with Crippen molar-refractivity contribution >= 4 is 5.88 Å². The van der Waals surface area contributed by atoms with Crippen LogP contribution in [0, 0.1) is 5.92 Å². The highest BCUT2D eigenvalue weighted by Gasteiger charge is 2.27. The minimum Gasteiger partial charge on any atom is -0.389 e. The summed E-state index contributed by atoms with van der Waals surface area (Å²) >= 11 is 0. The Hall–Kier alpha value is -2.93. The van der Waals surface area contributed by atoms with Crippen LogP contribution in [-0.2, 0) is 24.2 Å². The van der Waals surface area contributed by atoms with Crippen LogP contribution in [0.3, 0.4) is 0 Å². The summed E-state index contributed by atoms with van der Waals surface area (Å²) in [7, 11) is 0. The monoisotopic (exact) mass is 489 g/mol. The van der Waals surface area contributed by atoms with Crippen molar-refractivity contribution in [2.75, 3.05) is 37.7 Å². The average molecular weight is 490 g/mol. The van der Waals surface area contributed by atoms with Crippen LogP contribution in [0.4, 0.5) is 5.88 Å². The highest BCUT2D eigenvalue weighted by Crippen LogP contribution is 2.35. The van der Waals surface area contributed by atoms with Crippen LogP contribution in [0.25, 0.3) is 11.3 Å². The molecule has 0 unspecified atom stereocenters. The minimum atomic E-state index is -0.581. The van der Waals surface area contributed by atoms with E-state index in [1.54, 1.807) is 6.08 Å². The second-order valence-corrected chi connectivity index (χ2v) is 10.0. The van der Waals surface area contributed by atoms with E-state index in [1.165, 1.54) is 11.1 Å². The summed E-state index contributed by atoms with van der Waals surface area (Å²) in [4.78, 5) is 4.61. The van der Waals surface area contributed by atoms with Crippen molar-refractivity contribution in [3.05, 3.63) is 83.9 Å². The number of hydrogen-bond donors (Lipinski definition) is 1. The number of ether oxygens (including phenoxy) is 1. The summed E-state index contributed by atoms with van der Waals surface area (Å²) < 4.78 is 11.6. The van der Waals surface area contributed by atoms with E-state index in [0.717, 1.165) is 55.2 Å². The lowest BCUT2D eigenvalue weighted by Gasteiger charge is -2.30. The van der Waals surface area contributed by atoms with E-state index in [4.69, 9.17) is 9.26 Å². The van der Waals surface area contributed by atoms with Crippen LogP contribution in [0.15, 0.2) is 71.8 Å². The van der Waals surface area contributed by atoms with Gasteiger partial charge in [0.25, 0.3) is 0 Å². The molecule has 0 saturated heterocycles. The molecule has 0 spiro atoms. The number of nitrogens with zero attached hydrogens (tertiary/aromatic N) is 3. The van der Waals surface area contributed by atoms with Gasteiger partial charge in [-0.25, -0.2) is 0 Å². The van der Waals surface area contributed by atoms with Crippen molar-refractivity contribution < 1.29 is 14.4 Å². The van der Waals surface area contributed by atoms with Crippen molar-refractivity contribution in [3.8, 4) is 11.3 Å². The molecule has 0 saturated carbocycles. The Morgan fingerprint density at radius 3 is 2.64 bits per heavy atom. The highest BCUT2D eigenvalue weighted by molar-refractivity contribution is 5.68. The van der Waals surface area contributed by atoms with Gasteiger partial charge in [0.1, 0.15) is 5.69 Å². The summed E-state index contributed by atoms with van der Waals surface area (Å²) in [6.45, 7) is 12.6. The molecule has 0 radical (unpaired) electrons. The zero-order valence-corrected chi connectivity index (χ0v) is 21.6. The van der Waals surface area contributed by atoms with Crippen molar-refractivity contribution in [3.63, 3.8) is 0 Å². The lowest BCUT2D eigenvalue weighted by atomic mass is 9.99. The Kier molecular flexibility index (Phi) is 9.34. The van der Waals surface area contributed by atoms with Gasteiger partial charge in [-0.05, 0) is 36.4 Å². The van der Waals surface area contributed by atoms with Gasteiger partial charge in [-0.2, -0.15) is 0 Å². The summed E-state index contributed by atoms with van der Waals surface area (Å²) in [6, 6.07) is 18.8. The van der Waals surface area contributed by atoms with Crippen molar-refractivity contribution in [1.82, 2.24) is 10.1 Å². The molecule has 4 rings (SSSR count). The molecular formula is C30H39N3O3. The number of hydrogen-bond acceptors (Lipinski definition) is 6. The normalized spacial score (nSPS) is 14.3. The molecule has 0 bridgehead atoms. The Morgan fingerprint density at radius 2 is 1.89 bits per heavy atom. The Balaban J connectivity index is 1.62. The van der Waals surface area contributed by atoms with Gasteiger partial charge in [-0.15, -0.1) is 6.58 Å². The molecule has 1 N–H and O–H groups in total. The third-order valence-corrected chi connectivity index (χ3v) is 6.65. The second kappa shape index (κ2) is 12.9. The van der Waals surface area contributed by atoms with Gasteiger partial charge >= 0.3 is 0 Å². The molecule has 1 aliphatic heterocycles. The molecule has 6 nitrogen and oxygen atoms in total. The number of anilines is 1. The third kappa shape index (κ3) is 6.84. The molecule has 3 aromatic rings. The first-order valence-corrected chi connectivity index (χ1v) is 13.0. The number of aliphatic hydroxyl groups excluding tert-OH is 1.